The summed E-state index contributed by atoms with van der Waals surface area (Å²) >= 11 is 3.59. The standard InChI is InChI=1S/C18H19BrN2O.ClH/c1-18(20,14-7-3-2-4-8-14)17(22)21-11-10-15-13(12-21)6-5-9-16(15)19;/h2-9H,10-12,20H2,1H3;1H. The molecule has 0 bridgehead atoms. The predicted molar refractivity (Wildman–Crippen MR) is 98.5 cm³/mol. The number of amides is 1. The van der Waals surface area contributed by atoms with E-state index in [2.05, 4.69) is 22.0 Å². The van der Waals surface area contributed by atoms with E-state index in [1.807, 2.05) is 47.4 Å². The molecular weight excluding hydrogens is 376 g/mol. The first-order valence-corrected chi connectivity index (χ1v) is 8.19. The van der Waals surface area contributed by atoms with E-state index in [1.54, 1.807) is 6.92 Å². The van der Waals surface area contributed by atoms with E-state index in [0.29, 0.717) is 13.1 Å². The van der Waals surface area contributed by atoms with Gasteiger partial charge in [0.1, 0.15) is 5.54 Å². The quantitative estimate of drug-likeness (QED) is 0.844. The lowest BCUT2D eigenvalue weighted by atomic mass is 9.90. The molecule has 0 aliphatic carbocycles. The van der Waals surface area contributed by atoms with Crippen molar-refractivity contribution in [3.05, 3.63) is 69.7 Å². The van der Waals surface area contributed by atoms with Gasteiger partial charge < -0.3 is 10.6 Å². The topological polar surface area (TPSA) is 46.3 Å². The molecule has 122 valence electrons. The van der Waals surface area contributed by atoms with Crippen molar-refractivity contribution in [3.8, 4) is 0 Å². The van der Waals surface area contributed by atoms with Crippen molar-refractivity contribution in [3.63, 3.8) is 0 Å². The summed E-state index contributed by atoms with van der Waals surface area (Å²) in [6.07, 6.45) is 0.855. The molecule has 2 aromatic rings. The van der Waals surface area contributed by atoms with Gasteiger partial charge in [0.05, 0.1) is 0 Å². The Morgan fingerprint density at radius 3 is 2.57 bits per heavy atom. The molecule has 0 fully saturated rings. The number of hydrogen-bond donors (Lipinski definition) is 1. The molecule has 1 aliphatic heterocycles. The third kappa shape index (κ3) is 3.44. The highest BCUT2D eigenvalue weighted by molar-refractivity contribution is 9.10. The van der Waals surface area contributed by atoms with Gasteiger partial charge in [0.2, 0.25) is 5.91 Å². The Bertz CT molecular complexity index is 703. The largest absolute Gasteiger partial charge is 0.336 e. The summed E-state index contributed by atoms with van der Waals surface area (Å²) in [7, 11) is 0. The minimum atomic E-state index is -0.995. The number of nitrogens with zero attached hydrogens (tertiary/aromatic N) is 1. The minimum absolute atomic E-state index is 0. The average Bonchev–Trinajstić information content (AvgIpc) is 2.55. The Balaban J connectivity index is 0.00000192. The van der Waals surface area contributed by atoms with Crippen molar-refractivity contribution in [2.75, 3.05) is 6.54 Å². The third-order valence-electron chi connectivity index (χ3n) is 4.31. The molecule has 0 saturated carbocycles. The van der Waals surface area contributed by atoms with Gasteiger partial charge in [-0.1, -0.05) is 58.4 Å². The van der Waals surface area contributed by atoms with Gasteiger partial charge in [-0.05, 0) is 36.1 Å². The monoisotopic (exact) mass is 394 g/mol. The number of halogens is 2. The van der Waals surface area contributed by atoms with Gasteiger partial charge in [-0.15, -0.1) is 12.4 Å². The lowest BCUT2D eigenvalue weighted by Gasteiger charge is -2.35. The number of carbonyl (C=O) groups is 1. The Hall–Kier alpha value is -1.36. The summed E-state index contributed by atoms with van der Waals surface area (Å²) in [5, 5.41) is 0. The fraction of sp³-hybridized carbons (Fsp3) is 0.278. The predicted octanol–water partition coefficient (Wildman–Crippen LogP) is 3.63. The van der Waals surface area contributed by atoms with E-state index < -0.39 is 5.54 Å². The molecule has 2 aromatic carbocycles. The lowest BCUT2D eigenvalue weighted by molar-refractivity contribution is -0.137. The van der Waals surface area contributed by atoms with Gasteiger partial charge >= 0.3 is 0 Å². The fourth-order valence-corrected chi connectivity index (χ4v) is 3.58. The van der Waals surface area contributed by atoms with Crippen LogP contribution in [0.4, 0.5) is 0 Å². The Morgan fingerprint density at radius 2 is 1.87 bits per heavy atom. The fourth-order valence-electron chi connectivity index (χ4n) is 2.97. The average molecular weight is 396 g/mol. The summed E-state index contributed by atoms with van der Waals surface area (Å²) in [6.45, 7) is 3.11. The van der Waals surface area contributed by atoms with Crippen LogP contribution in [0, 0.1) is 0 Å². The second kappa shape index (κ2) is 7.04. The van der Waals surface area contributed by atoms with Gasteiger partial charge in [-0.2, -0.15) is 0 Å². The second-order valence-corrected chi connectivity index (χ2v) is 6.78. The van der Waals surface area contributed by atoms with Crippen LogP contribution in [-0.4, -0.2) is 17.4 Å². The highest BCUT2D eigenvalue weighted by atomic mass is 79.9. The van der Waals surface area contributed by atoms with E-state index in [0.717, 1.165) is 16.5 Å². The van der Waals surface area contributed by atoms with Gasteiger partial charge in [-0.3, -0.25) is 4.79 Å². The molecule has 23 heavy (non-hydrogen) atoms. The van der Waals surface area contributed by atoms with E-state index in [-0.39, 0.29) is 18.3 Å². The maximum absolute atomic E-state index is 12.9. The van der Waals surface area contributed by atoms with Crippen LogP contribution in [0.3, 0.4) is 0 Å². The van der Waals surface area contributed by atoms with Crippen molar-refractivity contribution in [1.29, 1.82) is 0 Å². The smallest absolute Gasteiger partial charge is 0.247 e. The molecule has 0 aromatic heterocycles. The van der Waals surface area contributed by atoms with Crippen LogP contribution in [-0.2, 0) is 23.3 Å². The van der Waals surface area contributed by atoms with Gasteiger partial charge in [-0.25, -0.2) is 0 Å². The molecule has 0 spiro atoms. The molecule has 1 atom stereocenters. The van der Waals surface area contributed by atoms with E-state index in [1.165, 1.54) is 11.1 Å². The Kier molecular flexibility index (Phi) is 5.50. The second-order valence-electron chi connectivity index (χ2n) is 5.92. The zero-order chi connectivity index (χ0) is 15.7. The normalized spacial score (nSPS) is 16.0. The van der Waals surface area contributed by atoms with Crippen LogP contribution in [0.15, 0.2) is 53.0 Å². The first kappa shape index (κ1) is 18.0. The van der Waals surface area contributed by atoms with Crippen molar-refractivity contribution in [2.24, 2.45) is 5.73 Å². The van der Waals surface area contributed by atoms with Crippen LogP contribution >= 0.6 is 28.3 Å². The number of nitrogens with two attached hydrogens (primary N) is 1. The molecule has 1 unspecified atom stereocenters. The number of hydrogen-bond acceptors (Lipinski definition) is 2. The van der Waals surface area contributed by atoms with Crippen molar-refractivity contribution >= 4 is 34.2 Å². The molecule has 1 aliphatic rings. The molecule has 1 amide bonds. The zero-order valence-electron chi connectivity index (χ0n) is 13.0. The molecule has 1 heterocycles. The van der Waals surface area contributed by atoms with Crippen molar-refractivity contribution in [2.45, 2.75) is 25.4 Å². The van der Waals surface area contributed by atoms with Crippen LogP contribution in [0.25, 0.3) is 0 Å². The van der Waals surface area contributed by atoms with Crippen LogP contribution in [0.1, 0.15) is 23.6 Å². The SMILES string of the molecule is CC(N)(C(=O)N1CCc2c(Br)cccc2C1)c1ccccc1.Cl. The van der Waals surface area contributed by atoms with Crippen molar-refractivity contribution in [1.82, 2.24) is 4.90 Å². The molecule has 2 N–H and O–H groups in total. The molecule has 5 heteroatoms. The first-order chi connectivity index (χ1) is 10.5. The lowest BCUT2D eigenvalue weighted by Crippen LogP contribution is -2.52. The number of benzene rings is 2. The molecule has 0 radical (unpaired) electrons. The van der Waals surface area contributed by atoms with Crippen LogP contribution < -0.4 is 5.73 Å². The first-order valence-electron chi connectivity index (χ1n) is 7.40. The minimum Gasteiger partial charge on any atom is -0.336 e. The zero-order valence-corrected chi connectivity index (χ0v) is 15.4. The summed E-state index contributed by atoms with van der Waals surface area (Å²) < 4.78 is 1.12. The Labute approximate surface area is 151 Å². The number of fused-ring (bicyclic) bond motifs is 1. The van der Waals surface area contributed by atoms with Gasteiger partial charge in [0.25, 0.3) is 0 Å². The van der Waals surface area contributed by atoms with Gasteiger partial charge in [0.15, 0.2) is 0 Å². The molecule has 3 nitrogen and oxygen atoms in total. The van der Waals surface area contributed by atoms with Crippen LogP contribution in [0.2, 0.25) is 0 Å². The van der Waals surface area contributed by atoms with Gasteiger partial charge in [0, 0.05) is 17.6 Å². The van der Waals surface area contributed by atoms with E-state index >= 15 is 0 Å². The van der Waals surface area contributed by atoms with Crippen molar-refractivity contribution < 1.29 is 4.79 Å². The summed E-state index contributed by atoms with van der Waals surface area (Å²) in [5.41, 5.74) is 8.70. The summed E-state index contributed by atoms with van der Waals surface area (Å²) in [4.78, 5) is 14.8. The highest BCUT2D eigenvalue weighted by Crippen LogP contribution is 2.29. The number of rotatable bonds is 2. The number of carbonyl (C=O) groups excluding carboxylic acids is 1. The molecular formula is C18H20BrClN2O. The van der Waals surface area contributed by atoms with Crippen LogP contribution in [0.5, 0.6) is 0 Å². The Morgan fingerprint density at radius 1 is 1.17 bits per heavy atom. The maximum Gasteiger partial charge on any atom is 0.247 e. The highest BCUT2D eigenvalue weighted by Gasteiger charge is 2.35. The molecule has 3 rings (SSSR count). The maximum atomic E-state index is 12.9. The summed E-state index contributed by atoms with van der Waals surface area (Å²) in [5.74, 6) is -0.0238. The molecule has 0 saturated heterocycles. The van der Waals surface area contributed by atoms with E-state index in [9.17, 15) is 4.79 Å². The van der Waals surface area contributed by atoms with E-state index in [4.69, 9.17) is 5.73 Å². The summed E-state index contributed by atoms with van der Waals surface area (Å²) in [6, 6.07) is 15.7. The third-order valence-corrected chi connectivity index (χ3v) is 5.06.